The van der Waals surface area contributed by atoms with Crippen LogP contribution in [0.25, 0.3) is 11.0 Å². The van der Waals surface area contributed by atoms with Gasteiger partial charge in [0.2, 0.25) is 0 Å². The lowest BCUT2D eigenvalue weighted by Gasteiger charge is -2.14. The standard InChI is InChI=1S/C17H15NO5/c1-11(17(20)18-10-14-3-2-8-21-14)22-13-6-4-12-5-7-16(19)23-15(12)9-13/h2-9,11H,10H2,1H3,(H,18,20)/t11-/m1/s1. The normalized spacial score (nSPS) is 12.0. The van der Waals surface area contributed by atoms with E-state index in [-0.39, 0.29) is 5.91 Å². The van der Waals surface area contributed by atoms with E-state index in [0.29, 0.717) is 23.6 Å². The maximum absolute atomic E-state index is 12.0. The summed E-state index contributed by atoms with van der Waals surface area (Å²) >= 11 is 0. The number of hydrogen-bond donors (Lipinski definition) is 1. The van der Waals surface area contributed by atoms with Crippen molar-refractivity contribution in [3.63, 3.8) is 0 Å². The molecule has 23 heavy (non-hydrogen) atoms. The number of nitrogens with one attached hydrogen (secondary N) is 1. The maximum Gasteiger partial charge on any atom is 0.336 e. The summed E-state index contributed by atoms with van der Waals surface area (Å²) in [6.45, 7) is 1.94. The molecule has 6 heteroatoms. The van der Waals surface area contributed by atoms with Crippen LogP contribution in [0, 0.1) is 0 Å². The number of hydrogen-bond acceptors (Lipinski definition) is 5. The van der Waals surface area contributed by atoms with Gasteiger partial charge in [-0.25, -0.2) is 4.79 Å². The van der Waals surface area contributed by atoms with Crippen molar-refractivity contribution in [1.29, 1.82) is 0 Å². The molecule has 0 aliphatic carbocycles. The number of rotatable bonds is 5. The summed E-state index contributed by atoms with van der Waals surface area (Å²) in [5, 5.41) is 3.50. The number of carbonyl (C=O) groups excluding carboxylic acids is 1. The molecule has 0 fully saturated rings. The van der Waals surface area contributed by atoms with E-state index >= 15 is 0 Å². The maximum atomic E-state index is 12.0. The van der Waals surface area contributed by atoms with Gasteiger partial charge in [-0.05, 0) is 37.3 Å². The van der Waals surface area contributed by atoms with E-state index in [1.807, 2.05) is 0 Å². The molecule has 0 spiro atoms. The van der Waals surface area contributed by atoms with Gasteiger partial charge in [-0.2, -0.15) is 0 Å². The fourth-order valence-corrected chi connectivity index (χ4v) is 2.10. The Morgan fingerprint density at radius 1 is 1.26 bits per heavy atom. The highest BCUT2D eigenvalue weighted by Crippen LogP contribution is 2.20. The Balaban J connectivity index is 1.65. The zero-order valence-corrected chi connectivity index (χ0v) is 12.4. The molecule has 3 rings (SSSR count). The van der Waals surface area contributed by atoms with Crippen LogP contribution >= 0.6 is 0 Å². The van der Waals surface area contributed by atoms with Gasteiger partial charge in [0.15, 0.2) is 6.10 Å². The summed E-state index contributed by atoms with van der Waals surface area (Å²) < 4.78 is 15.8. The van der Waals surface area contributed by atoms with Crippen molar-refractivity contribution in [2.45, 2.75) is 19.6 Å². The van der Waals surface area contributed by atoms with E-state index in [4.69, 9.17) is 13.6 Å². The summed E-state index contributed by atoms with van der Waals surface area (Å²) in [6.07, 6.45) is 0.849. The largest absolute Gasteiger partial charge is 0.481 e. The summed E-state index contributed by atoms with van der Waals surface area (Å²) in [4.78, 5) is 23.3. The SMILES string of the molecule is C[C@@H](Oc1ccc2ccc(=O)oc2c1)C(=O)NCc1ccco1. The summed E-state index contributed by atoms with van der Waals surface area (Å²) in [7, 11) is 0. The Morgan fingerprint density at radius 2 is 2.09 bits per heavy atom. The third kappa shape index (κ3) is 3.60. The highest BCUT2D eigenvalue weighted by Gasteiger charge is 2.15. The molecule has 1 aromatic carbocycles. The fraction of sp³-hybridized carbons (Fsp3) is 0.176. The molecule has 0 radical (unpaired) electrons. The number of carbonyl (C=O) groups is 1. The van der Waals surface area contributed by atoms with E-state index in [1.165, 1.54) is 6.07 Å². The highest BCUT2D eigenvalue weighted by molar-refractivity contribution is 5.81. The van der Waals surface area contributed by atoms with Crippen LogP contribution in [0.1, 0.15) is 12.7 Å². The van der Waals surface area contributed by atoms with Gasteiger partial charge in [-0.1, -0.05) is 0 Å². The van der Waals surface area contributed by atoms with Crippen molar-refractivity contribution in [2.24, 2.45) is 0 Å². The molecule has 1 amide bonds. The number of furan rings is 1. The topological polar surface area (TPSA) is 81.7 Å². The average molecular weight is 313 g/mol. The van der Waals surface area contributed by atoms with Gasteiger partial charge in [0.05, 0.1) is 12.8 Å². The van der Waals surface area contributed by atoms with Crippen molar-refractivity contribution >= 4 is 16.9 Å². The Kier molecular flexibility index (Phi) is 4.14. The molecule has 2 heterocycles. The molecule has 1 atom stereocenters. The van der Waals surface area contributed by atoms with Crippen LogP contribution in [0.15, 0.2) is 62.4 Å². The first-order valence-corrected chi connectivity index (χ1v) is 7.12. The van der Waals surface area contributed by atoms with E-state index in [9.17, 15) is 9.59 Å². The molecule has 1 N–H and O–H groups in total. The van der Waals surface area contributed by atoms with Crippen molar-refractivity contribution in [2.75, 3.05) is 0 Å². The van der Waals surface area contributed by atoms with E-state index in [2.05, 4.69) is 5.32 Å². The number of fused-ring (bicyclic) bond motifs is 1. The predicted molar refractivity (Wildman–Crippen MR) is 83.1 cm³/mol. The third-order valence-corrected chi connectivity index (χ3v) is 3.29. The van der Waals surface area contributed by atoms with E-state index in [0.717, 1.165) is 5.39 Å². The second-order valence-electron chi connectivity index (χ2n) is 5.01. The summed E-state index contributed by atoms with van der Waals surface area (Å²) in [6, 6.07) is 11.6. The Morgan fingerprint density at radius 3 is 2.87 bits per heavy atom. The highest BCUT2D eigenvalue weighted by atomic mass is 16.5. The molecule has 0 unspecified atom stereocenters. The van der Waals surface area contributed by atoms with Crippen LogP contribution in [0.2, 0.25) is 0 Å². The minimum Gasteiger partial charge on any atom is -0.481 e. The fourth-order valence-electron chi connectivity index (χ4n) is 2.10. The molecule has 0 aliphatic rings. The lowest BCUT2D eigenvalue weighted by atomic mass is 10.2. The molecular formula is C17H15NO5. The van der Waals surface area contributed by atoms with Crippen LogP contribution in [0.5, 0.6) is 5.75 Å². The van der Waals surface area contributed by atoms with Gasteiger partial charge in [-0.15, -0.1) is 0 Å². The number of amides is 1. The minimum absolute atomic E-state index is 0.268. The van der Waals surface area contributed by atoms with E-state index in [1.54, 1.807) is 49.6 Å². The minimum atomic E-state index is -0.696. The second kappa shape index (κ2) is 6.39. The molecule has 0 saturated heterocycles. The smallest absolute Gasteiger partial charge is 0.336 e. The van der Waals surface area contributed by atoms with Gasteiger partial charge < -0.3 is 18.9 Å². The molecular weight excluding hydrogens is 298 g/mol. The molecule has 0 saturated carbocycles. The first kappa shape index (κ1) is 14.9. The lowest BCUT2D eigenvalue weighted by molar-refractivity contribution is -0.127. The predicted octanol–water partition coefficient (Wildman–Crippen LogP) is 2.47. The molecule has 2 aromatic heterocycles. The lowest BCUT2D eigenvalue weighted by Crippen LogP contribution is -2.35. The Hall–Kier alpha value is -3.02. The van der Waals surface area contributed by atoms with Crippen molar-refractivity contribution in [3.8, 4) is 5.75 Å². The monoisotopic (exact) mass is 313 g/mol. The number of benzene rings is 1. The second-order valence-corrected chi connectivity index (χ2v) is 5.01. The number of ether oxygens (including phenoxy) is 1. The van der Waals surface area contributed by atoms with Crippen LogP contribution < -0.4 is 15.7 Å². The van der Waals surface area contributed by atoms with Gasteiger partial charge in [0, 0.05) is 17.5 Å². The molecule has 3 aromatic rings. The quantitative estimate of drug-likeness (QED) is 0.732. The zero-order valence-electron chi connectivity index (χ0n) is 12.4. The summed E-state index contributed by atoms with van der Waals surface area (Å²) in [5.74, 6) is 0.849. The van der Waals surface area contributed by atoms with Crippen LogP contribution in [0.3, 0.4) is 0 Å². The van der Waals surface area contributed by atoms with Crippen molar-refractivity contribution < 1.29 is 18.4 Å². The summed E-state index contributed by atoms with van der Waals surface area (Å²) in [5.41, 5.74) is -0.0166. The van der Waals surface area contributed by atoms with Gasteiger partial charge in [-0.3, -0.25) is 4.79 Å². The molecule has 118 valence electrons. The van der Waals surface area contributed by atoms with E-state index < -0.39 is 11.7 Å². The van der Waals surface area contributed by atoms with Gasteiger partial charge >= 0.3 is 5.63 Å². The van der Waals surface area contributed by atoms with Crippen LogP contribution in [-0.2, 0) is 11.3 Å². The third-order valence-electron chi connectivity index (χ3n) is 3.29. The van der Waals surface area contributed by atoms with Gasteiger partial charge in [0.25, 0.3) is 5.91 Å². The Labute approximate surface area is 131 Å². The molecule has 6 nitrogen and oxygen atoms in total. The first-order chi connectivity index (χ1) is 11.1. The van der Waals surface area contributed by atoms with Gasteiger partial charge in [0.1, 0.15) is 17.1 Å². The van der Waals surface area contributed by atoms with Crippen molar-refractivity contribution in [1.82, 2.24) is 5.32 Å². The van der Waals surface area contributed by atoms with Crippen LogP contribution in [-0.4, -0.2) is 12.0 Å². The average Bonchev–Trinajstić information content (AvgIpc) is 3.05. The first-order valence-electron chi connectivity index (χ1n) is 7.12. The Bertz CT molecular complexity index is 866. The molecule has 0 aliphatic heterocycles. The zero-order chi connectivity index (χ0) is 16.2. The van der Waals surface area contributed by atoms with Crippen molar-refractivity contribution in [3.05, 3.63) is 64.9 Å². The van der Waals surface area contributed by atoms with Crippen LogP contribution in [0.4, 0.5) is 0 Å². The molecule has 0 bridgehead atoms.